The van der Waals surface area contributed by atoms with Crippen molar-refractivity contribution in [2.24, 2.45) is 0 Å². The van der Waals surface area contributed by atoms with Gasteiger partial charge in [-0.2, -0.15) is 0 Å². The topological polar surface area (TPSA) is 31.2 Å². The lowest BCUT2D eigenvalue weighted by atomic mass is 10.7. The van der Waals surface area contributed by atoms with Crippen molar-refractivity contribution in [2.75, 3.05) is 6.54 Å². The highest BCUT2D eigenvalue weighted by Gasteiger charge is 1.79. The summed E-state index contributed by atoms with van der Waals surface area (Å²) in [7, 11) is 0. The summed E-state index contributed by atoms with van der Waals surface area (Å²) in [5.41, 5.74) is 0. The van der Waals surface area contributed by atoms with Gasteiger partial charge in [0.25, 0.3) is 6.54 Å². The van der Waals surface area contributed by atoms with Crippen LogP contribution >= 0.6 is 0 Å². The predicted molar refractivity (Wildman–Crippen MR) is 20.6 cm³/mol. The molecule has 2 nitrogen and oxygen atoms in total. The van der Waals surface area contributed by atoms with Crippen LogP contribution in [0.4, 0.5) is 0 Å². The van der Waals surface area contributed by atoms with E-state index >= 15 is 0 Å². The van der Waals surface area contributed by atoms with Gasteiger partial charge < -0.3 is 0 Å². The maximum absolute atomic E-state index is 9.08. The maximum Gasteiger partial charge on any atom is 0.309 e. The third kappa shape index (κ3) is 3.34. The fourth-order valence-electron chi connectivity index (χ4n) is 0.0527. The van der Waals surface area contributed by atoms with Gasteiger partial charge in [-0.3, -0.25) is 0 Å². The first-order chi connectivity index (χ1) is 2.41. The highest BCUT2D eigenvalue weighted by molar-refractivity contribution is 4.65. The molecule has 0 amide bonds. The van der Waals surface area contributed by atoms with Crippen LogP contribution in [0.2, 0.25) is 0 Å². The third-order valence-electron chi connectivity index (χ3n) is 0.204. The van der Waals surface area contributed by atoms with Gasteiger partial charge in [-0.05, 0) is 6.08 Å². The van der Waals surface area contributed by atoms with Crippen molar-refractivity contribution in [1.82, 2.24) is 5.18 Å². The fourth-order valence-corrected chi connectivity index (χ4v) is 0.0527. The lowest BCUT2D eigenvalue weighted by molar-refractivity contribution is 1.09. The molecule has 5 heavy (non-hydrogen) atoms. The van der Waals surface area contributed by atoms with Gasteiger partial charge in [0.15, 0.2) is 0 Å². The SMILES string of the molecule is C=CC[N+]=O. The third-order valence-corrected chi connectivity index (χ3v) is 0.204. The Morgan fingerprint density at radius 3 is 2.60 bits per heavy atom. The minimum Gasteiger partial charge on any atom is -0.0964 e. The average Bonchev–Trinajstić information content (AvgIpc) is 1.41. The average molecular weight is 71.1 g/mol. The Kier molecular flexibility index (Phi) is 2.90. The monoisotopic (exact) mass is 71.0 g/mol. The smallest absolute Gasteiger partial charge is 0.0964 e. The van der Waals surface area contributed by atoms with Crippen molar-refractivity contribution in [3.05, 3.63) is 17.6 Å². The van der Waals surface area contributed by atoms with Crippen LogP contribution in [-0.4, -0.2) is 6.54 Å². The van der Waals surface area contributed by atoms with E-state index in [9.17, 15) is 0 Å². The quantitative estimate of drug-likeness (QED) is 0.430. The summed E-state index contributed by atoms with van der Waals surface area (Å²) in [6, 6.07) is 0. The molecule has 0 aromatic heterocycles. The highest BCUT2D eigenvalue weighted by Crippen LogP contribution is 1.48. The molecule has 0 aromatic carbocycles. The molecule has 0 saturated heterocycles. The van der Waals surface area contributed by atoms with E-state index < -0.39 is 0 Å². The van der Waals surface area contributed by atoms with Crippen LogP contribution < -0.4 is 5.18 Å². The second-order valence-electron chi connectivity index (χ2n) is 0.600. The Morgan fingerprint density at radius 2 is 2.60 bits per heavy atom. The van der Waals surface area contributed by atoms with Crippen molar-refractivity contribution in [2.45, 2.75) is 0 Å². The van der Waals surface area contributed by atoms with Crippen molar-refractivity contribution in [1.29, 1.82) is 0 Å². The van der Waals surface area contributed by atoms with E-state index in [1.165, 1.54) is 6.08 Å². The molecule has 1 radical (unpaired) electrons. The molecule has 0 saturated carbocycles. The molecule has 0 unspecified atom stereocenters. The van der Waals surface area contributed by atoms with Crippen molar-refractivity contribution >= 4 is 0 Å². The lowest BCUT2D eigenvalue weighted by Gasteiger charge is -1.41. The van der Waals surface area contributed by atoms with E-state index in [4.69, 9.17) is 4.91 Å². The number of nitroso groups, excluding NO2 is 1. The Bertz CT molecular complexity index is 36.2. The van der Waals surface area contributed by atoms with Gasteiger partial charge >= 0.3 is 5.18 Å². The standard InChI is InChI=1S/C3H5NO/c1-2-3-4-5/h2H,1,3H2/q+1. The summed E-state index contributed by atoms with van der Waals surface area (Å²) in [5, 5.41) is 2.49. The van der Waals surface area contributed by atoms with Crippen LogP contribution in [0.25, 0.3) is 0 Å². The number of hydrogen-bond donors (Lipinski definition) is 0. The van der Waals surface area contributed by atoms with Crippen molar-refractivity contribution in [3.8, 4) is 0 Å². The van der Waals surface area contributed by atoms with Gasteiger partial charge in [-0.25, -0.2) is 0 Å². The van der Waals surface area contributed by atoms with Gasteiger partial charge in [0.1, 0.15) is 0 Å². The zero-order valence-electron chi connectivity index (χ0n) is 2.85. The number of nitrogens with zero attached hydrogens (tertiary/aromatic N) is 1. The molecule has 0 aromatic rings. The van der Waals surface area contributed by atoms with Crippen molar-refractivity contribution in [3.63, 3.8) is 0 Å². The Balaban J connectivity index is 2.65. The van der Waals surface area contributed by atoms with Crippen LogP contribution in [-0.2, 0) is 0 Å². The van der Waals surface area contributed by atoms with Gasteiger partial charge in [0, 0.05) is 0 Å². The summed E-state index contributed by atoms with van der Waals surface area (Å²) in [6.07, 6.45) is 1.45. The first kappa shape index (κ1) is 4.34. The summed E-state index contributed by atoms with van der Waals surface area (Å²) in [6.45, 7) is 3.48. The summed E-state index contributed by atoms with van der Waals surface area (Å²) >= 11 is 0. The molecule has 0 atom stereocenters. The van der Waals surface area contributed by atoms with Crippen LogP contribution in [0.5, 0.6) is 0 Å². The van der Waals surface area contributed by atoms with Crippen LogP contribution in [0, 0.1) is 4.91 Å². The molecule has 0 bridgehead atoms. The van der Waals surface area contributed by atoms with Crippen LogP contribution in [0.15, 0.2) is 12.7 Å². The van der Waals surface area contributed by atoms with E-state index in [0.717, 1.165) is 0 Å². The molecule has 0 fully saturated rings. The Hall–Kier alpha value is -0.660. The second kappa shape index (κ2) is 3.34. The minimum atomic E-state index is 0.222. The van der Waals surface area contributed by atoms with Gasteiger partial charge in [0.05, 0.1) is 4.91 Å². The van der Waals surface area contributed by atoms with Crippen molar-refractivity contribution < 1.29 is 0 Å². The van der Waals surface area contributed by atoms with Crippen LogP contribution in [0.1, 0.15) is 0 Å². The first-order valence-electron chi connectivity index (χ1n) is 1.32. The molecule has 2 heteroatoms. The molecular formula is C3H5NO+. The summed E-state index contributed by atoms with van der Waals surface area (Å²) in [4.78, 5) is 9.08. The minimum absolute atomic E-state index is 0.222. The van der Waals surface area contributed by atoms with E-state index in [1.807, 2.05) is 0 Å². The fraction of sp³-hybridized carbons (Fsp3) is 0.333. The summed E-state index contributed by atoms with van der Waals surface area (Å²) in [5.74, 6) is 0. The van der Waals surface area contributed by atoms with E-state index in [0.29, 0.717) is 0 Å². The molecule has 0 aliphatic carbocycles. The Labute approximate surface area is 30.5 Å². The molecule has 0 heterocycles. The molecule has 27 valence electrons. The van der Waals surface area contributed by atoms with Gasteiger partial charge in [0.2, 0.25) is 0 Å². The van der Waals surface area contributed by atoms with Gasteiger partial charge in [-0.15, -0.1) is 0 Å². The maximum atomic E-state index is 9.08. The largest absolute Gasteiger partial charge is 0.309 e. The normalized spacial score (nSPS) is 6.40. The lowest BCUT2D eigenvalue weighted by Crippen LogP contribution is -1.78. The predicted octanol–water partition coefficient (Wildman–Crippen LogP) is 0.275. The summed E-state index contributed by atoms with van der Waals surface area (Å²) < 4.78 is 0. The van der Waals surface area contributed by atoms with Gasteiger partial charge in [-0.1, -0.05) is 6.58 Å². The zero-order chi connectivity index (χ0) is 4.12. The second-order valence-corrected chi connectivity index (χ2v) is 0.600. The van der Waals surface area contributed by atoms with E-state index in [1.54, 1.807) is 0 Å². The molecule has 0 aliphatic rings. The molecular weight excluding hydrogens is 66.0 g/mol. The van der Waals surface area contributed by atoms with E-state index in [-0.39, 0.29) is 6.54 Å². The first-order valence-corrected chi connectivity index (χ1v) is 1.32. The Morgan fingerprint density at radius 1 is 2.00 bits per heavy atom. The molecule has 0 rings (SSSR count). The molecule has 0 spiro atoms. The molecule has 0 N–H and O–H groups in total. The van der Waals surface area contributed by atoms with E-state index in [2.05, 4.69) is 11.8 Å². The highest BCUT2D eigenvalue weighted by atomic mass is 16.3. The zero-order valence-corrected chi connectivity index (χ0v) is 2.85. The molecule has 0 aliphatic heterocycles. The number of hydrogen-bond acceptors (Lipinski definition) is 2. The number of rotatable bonds is 2. The van der Waals surface area contributed by atoms with Crippen LogP contribution in [0.3, 0.4) is 0 Å².